The van der Waals surface area contributed by atoms with Gasteiger partial charge in [-0.1, -0.05) is 30.3 Å². The fourth-order valence-corrected chi connectivity index (χ4v) is 3.14. The third kappa shape index (κ3) is 4.52. The molecule has 1 saturated heterocycles. The molecule has 4 rings (SSSR count). The maximum Gasteiger partial charge on any atom is 0.337 e. The van der Waals surface area contributed by atoms with E-state index in [2.05, 4.69) is 10.2 Å². The Hall–Kier alpha value is -3.45. The second-order valence-corrected chi connectivity index (χ2v) is 6.59. The molecule has 3 aromatic rings. The van der Waals surface area contributed by atoms with E-state index in [1.54, 1.807) is 24.3 Å². The van der Waals surface area contributed by atoms with Crippen molar-refractivity contribution < 1.29 is 14.3 Å². The van der Waals surface area contributed by atoms with Crippen LogP contribution in [0.15, 0.2) is 60.7 Å². The molecule has 0 amide bonds. The topological polar surface area (TPSA) is 76.6 Å². The minimum absolute atomic E-state index is 0.367. The van der Waals surface area contributed by atoms with Gasteiger partial charge in [-0.25, -0.2) is 9.78 Å². The zero-order valence-corrected chi connectivity index (χ0v) is 16.2. The Morgan fingerprint density at radius 3 is 2.45 bits per heavy atom. The number of hydrogen-bond acceptors (Lipinski definition) is 7. The Bertz CT molecular complexity index is 971. The summed E-state index contributed by atoms with van der Waals surface area (Å²) in [6, 6.07) is 19.0. The highest BCUT2D eigenvalue weighted by molar-refractivity contribution is 5.89. The third-order valence-corrected chi connectivity index (χ3v) is 4.68. The van der Waals surface area contributed by atoms with Gasteiger partial charge in [-0.15, -0.1) is 0 Å². The molecule has 29 heavy (non-hydrogen) atoms. The number of esters is 1. The molecule has 0 spiro atoms. The normalized spacial score (nSPS) is 13.8. The SMILES string of the molecule is COC(=O)c1ccc(Nc2nc(-c3ccccc3)cc(N3CCOCC3)n2)cc1. The van der Waals surface area contributed by atoms with Crippen molar-refractivity contribution in [2.45, 2.75) is 0 Å². The summed E-state index contributed by atoms with van der Waals surface area (Å²) in [5.41, 5.74) is 3.14. The van der Waals surface area contributed by atoms with Gasteiger partial charge in [0, 0.05) is 30.4 Å². The van der Waals surface area contributed by atoms with Crippen molar-refractivity contribution in [3.8, 4) is 11.3 Å². The van der Waals surface area contributed by atoms with E-state index in [0.717, 1.165) is 35.9 Å². The minimum atomic E-state index is -0.367. The monoisotopic (exact) mass is 390 g/mol. The van der Waals surface area contributed by atoms with E-state index in [0.29, 0.717) is 24.7 Å². The Balaban J connectivity index is 1.65. The number of nitrogens with zero attached hydrogens (tertiary/aromatic N) is 3. The molecule has 0 aliphatic carbocycles. The largest absolute Gasteiger partial charge is 0.465 e. The first kappa shape index (κ1) is 18.9. The van der Waals surface area contributed by atoms with Gasteiger partial charge in [0.05, 0.1) is 31.6 Å². The molecule has 148 valence electrons. The number of carbonyl (C=O) groups excluding carboxylic acids is 1. The maximum atomic E-state index is 11.6. The van der Waals surface area contributed by atoms with Crippen molar-refractivity contribution in [2.75, 3.05) is 43.6 Å². The van der Waals surface area contributed by atoms with E-state index < -0.39 is 0 Å². The summed E-state index contributed by atoms with van der Waals surface area (Å²) in [6.45, 7) is 2.95. The van der Waals surface area contributed by atoms with E-state index in [1.165, 1.54) is 7.11 Å². The smallest absolute Gasteiger partial charge is 0.337 e. The Labute approximate surface area is 169 Å². The summed E-state index contributed by atoms with van der Waals surface area (Å²) >= 11 is 0. The zero-order chi connectivity index (χ0) is 20.1. The standard InChI is InChI=1S/C22H22N4O3/c1-28-21(27)17-7-9-18(10-8-17)23-22-24-19(16-5-3-2-4-6-16)15-20(25-22)26-11-13-29-14-12-26/h2-10,15H,11-14H2,1H3,(H,23,24,25). The van der Waals surface area contributed by atoms with E-state index in [1.807, 2.05) is 36.4 Å². The molecule has 0 atom stereocenters. The number of nitrogens with one attached hydrogen (secondary N) is 1. The lowest BCUT2D eigenvalue weighted by Crippen LogP contribution is -2.36. The molecule has 7 nitrogen and oxygen atoms in total. The van der Waals surface area contributed by atoms with Crippen LogP contribution in [0.3, 0.4) is 0 Å². The molecule has 7 heteroatoms. The van der Waals surface area contributed by atoms with Crippen LogP contribution in [0.4, 0.5) is 17.5 Å². The number of aromatic nitrogens is 2. The van der Waals surface area contributed by atoms with Crippen LogP contribution in [0.1, 0.15) is 10.4 Å². The first-order valence-corrected chi connectivity index (χ1v) is 9.45. The van der Waals surface area contributed by atoms with Gasteiger partial charge in [-0.2, -0.15) is 4.98 Å². The Morgan fingerprint density at radius 1 is 1.03 bits per heavy atom. The lowest BCUT2D eigenvalue weighted by Gasteiger charge is -2.28. The summed E-state index contributed by atoms with van der Waals surface area (Å²) in [5, 5.41) is 3.25. The van der Waals surface area contributed by atoms with Gasteiger partial charge in [0.1, 0.15) is 5.82 Å². The van der Waals surface area contributed by atoms with Crippen LogP contribution in [-0.4, -0.2) is 49.4 Å². The molecule has 0 unspecified atom stereocenters. The predicted molar refractivity (Wildman–Crippen MR) is 112 cm³/mol. The Morgan fingerprint density at radius 2 is 1.76 bits per heavy atom. The number of rotatable bonds is 5. The van der Waals surface area contributed by atoms with Gasteiger partial charge in [0.15, 0.2) is 0 Å². The summed E-state index contributed by atoms with van der Waals surface area (Å²) in [5.74, 6) is 0.989. The average Bonchev–Trinajstić information content (AvgIpc) is 2.80. The highest BCUT2D eigenvalue weighted by atomic mass is 16.5. The Kier molecular flexibility index (Phi) is 5.67. The number of morpholine rings is 1. The molecule has 0 radical (unpaired) electrons. The van der Waals surface area contributed by atoms with Crippen LogP contribution in [-0.2, 0) is 9.47 Å². The first-order valence-electron chi connectivity index (χ1n) is 9.45. The molecule has 0 bridgehead atoms. The average molecular weight is 390 g/mol. The number of benzene rings is 2. The second-order valence-electron chi connectivity index (χ2n) is 6.59. The number of methoxy groups -OCH3 is 1. The van der Waals surface area contributed by atoms with Crippen LogP contribution in [0.5, 0.6) is 0 Å². The maximum absolute atomic E-state index is 11.6. The summed E-state index contributed by atoms with van der Waals surface area (Å²) in [6.07, 6.45) is 0. The van der Waals surface area contributed by atoms with Crippen LogP contribution < -0.4 is 10.2 Å². The fraction of sp³-hybridized carbons (Fsp3) is 0.227. The van der Waals surface area contributed by atoms with Crippen molar-refractivity contribution >= 4 is 23.4 Å². The van der Waals surface area contributed by atoms with Gasteiger partial charge in [0.25, 0.3) is 0 Å². The van der Waals surface area contributed by atoms with Gasteiger partial charge < -0.3 is 19.7 Å². The van der Waals surface area contributed by atoms with Crippen molar-refractivity contribution in [3.63, 3.8) is 0 Å². The first-order chi connectivity index (χ1) is 14.2. The van der Waals surface area contributed by atoms with Crippen molar-refractivity contribution in [1.82, 2.24) is 9.97 Å². The highest BCUT2D eigenvalue weighted by Crippen LogP contribution is 2.25. The van der Waals surface area contributed by atoms with E-state index in [9.17, 15) is 4.79 Å². The van der Waals surface area contributed by atoms with Gasteiger partial charge in [0.2, 0.25) is 5.95 Å². The molecule has 1 fully saturated rings. The quantitative estimate of drug-likeness (QED) is 0.668. The van der Waals surface area contributed by atoms with E-state index >= 15 is 0 Å². The molecular formula is C22H22N4O3. The molecule has 0 saturated carbocycles. The molecule has 1 N–H and O–H groups in total. The number of hydrogen-bond donors (Lipinski definition) is 1. The minimum Gasteiger partial charge on any atom is -0.465 e. The molecule has 1 aliphatic heterocycles. The van der Waals surface area contributed by atoms with Crippen molar-refractivity contribution in [2.24, 2.45) is 0 Å². The number of ether oxygens (including phenoxy) is 2. The van der Waals surface area contributed by atoms with Gasteiger partial charge >= 0.3 is 5.97 Å². The second kappa shape index (κ2) is 8.70. The fourth-order valence-electron chi connectivity index (χ4n) is 3.14. The molecular weight excluding hydrogens is 368 g/mol. The zero-order valence-electron chi connectivity index (χ0n) is 16.2. The lowest BCUT2D eigenvalue weighted by atomic mass is 10.1. The molecule has 1 aromatic heterocycles. The van der Waals surface area contributed by atoms with Crippen LogP contribution in [0.2, 0.25) is 0 Å². The van der Waals surface area contributed by atoms with E-state index in [4.69, 9.17) is 19.4 Å². The van der Waals surface area contributed by atoms with Gasteiger partial charge in [-0.05, 0) is 24.3 Å². The number of anilines is 3. The van der Waals surface area contributed by atoms with Gasteiger partial charge in [-0.3, -0.25) is 0 Å². The number of carbonyl (C=O) groups is 1. The highest BCUT2D eigenvalue weighted by Gasteiger charge is 2.16. The van der Waals surface area contributed by atoms with Crippen LogP contribution >= 0.6 is 0 Å². The lowest BCUT2D eigenvalue weighted by molar-refractivity contribution is 0.0601. The summed E-state index contributed by atoms with van der Waals surface area (Å²) in [4.78, 5) is 23.2. The molecule has 1 aliphatic rings. The van der Waals surface area contributed by atoms with E-state index in [-0.39, 0.29) is 5.97 Å². The van der Waals surface area contributed by atoms with Crippen LogP contribution in [0.25, 0.3) is 11.3 Å². The summed E-state index contributed by atoms with van der Waals surface area (Å²) < 4.78 is 10.2. The molecule has 2 heterocycles. The predicted octanol–water partition coefficient (Wildman–Crippen LogP) is 3.51. The summed E-state index contributed by atoms with van der Waals surface area (Å²) in [7, 11) is 1.37. The van der Waals surface area contributed by atoms with Crippen molar-refractivity contribution in [1.29, 1.82) is 0 Å². The van der Waals surface area contributed by atoms with Crippen molar-refractivity contribution in [3.05, 3.63) is 66.2 Å². The molecule has 2 aromatic carbocycles. The third-order valence-electron chi connectivity index (χ3n) is 4.68. The van der Waals surface area contributed by atoms with Crippen LogP contribution in [0, 0.1) is 0 Å².